The second kappa shape index (κ2) is 4.90. The van der Waals surface area contributed by atoms with Crippen molar-refractivity contribution in [2.24, 2.45) is 5.73 Å². The summed E-state index contributed by atoms with van der Waals surface area (Å²) in [5, 5.41) is -0.470. The fourth-order valence-corrected chi connectivity index (χ4v) is 4.03. The first-order valence-electron chi connectivity index (χ1n) is 6.13. The third-order valence-corrected chi connectivity index (χ3v) is 5.93. The van der Waals surface area contributed by atoms with Gasteiger partial charge in [0.2, 0.25) is 0 Å². The standard InChI is InChI=1S/C13H19NO3S/c1-3-18(15,16)12-7-5-9-4-6-10(17-2)8-11(9)13(12)14/h4,6,8,12-13H,3,5,7,14H2,1-2H3. The summed E-state index contributed by atoms with van der Waals surface area (Å²) < 4.78 is 29.2. The average Bonchev–Trinajstić information content (AvgIpc) is 2.38. The zero-order valence-electron chi connectivity index (χ0n) is 10.7. The normalized spacial score (nSPS) is 23.5. The zero-order valence-corrected chi connectivity index (χ0v) is 11.5. The van der Waals surface area contributed by atoms with E-state index in [4.69, 9.17) is 10.5 Å². The van der Waals surface area contributed by atoms with E-state index in [2.05, 4.69) is 0 Å². The maximum absolute atomic E-state index is 12.0. The molecule has 1 aliphatic rings. The molecule has 18 heavy (non-hydrogen) atoms. The van der Waals surface area contributed by atoms with Crippen LogP contribution in [0.15, 0.2) is 18.2 Å². The SMILES string of the molecule is CCS(=O)(=O)C1CCc2ccc(OC)cc2C1N. The fourth-order valence-electron chi connectivity index (χ4n) is 2.53. The molecule has 0 aromatic heterocycles. The zero-order chi connectivity index (χ0) is 13.3. The van der Waals surface area contributed by atoms with Crippen LogP contribution in [-0.2, 0) is 16.3 Å². The lowest BCUT2D eigenvalue weighted by atomic mass is 9.87. The van der Waals surface area contributed by atoms with Crippen LogP contribution < -0.4 is 10.5 Å². The molecule has 1 aliphatic carbocycles. The summed E-state index contributed by atoms with van der Waals surface area (Å²) in [6.07, 6.45) is 1.37. The summed E-state index contributed by atoms with van der Waals surface area (Å²) in [5.41, 5.74) is 8.18. The van der Waals surface area contributed by atoms with E-state index in [0.29, 0.717) is 6.42 Å². The molecule has 0 aliphatic heterocycles. The molecule has 0 bridgehead atoms. The first-order chi connectivity index (χ1) is 8.49. The predicted molar refractivity (Wildman–Crippen MR) is 71.5 cm³/mol. The molecular weight excluding hydrogens is 250 g/mol. The van der Waals surface area contributed by atoms with E-state index in [0.717, 1.165) is 23.3 Å². The molecule has 0 radical (unpaired) electrons. The number of ether oxygens (including phenoxy) is 1. The van der Waals surface area contributed by atoms with E-state index >= 15 is 0 Å². The van der Waals surface area contributed by atoms with Crippen molar-refractivity contribution >= 4 is 9.84 Å². The highest BCUT2D eigenvalue weighted by molar-refractivity contribution is 7.92. The molecule has 5 heteroatoms. The molecule has 2 N–H and O–H groups in total. The Kier molecular flexibility index (Phi) is 3.64. The minimum absolute atomic E-state index is 0.144. The molecule has 2 rings (SSSR count). The average molecular weight is 269 g/mol. The Morgan fingerprint density at radius 1 is 1.44 bits per heavy atom. The number of hydrogen-bond acceptors (Lipinski definition) is 4. The third-order valence-electron chi connectivity index (χ3n) is 3.67. The molecule has 0 spiro atoms. The van der Waals surface area contributed by atoms with Gasteiger partial charge in [0.05, 0.1) is 12.4 Å². The Morgan fingerprint density at radius 2 is 2.17 bits per heavy atom. The molecule has 2 unspecified atom stereocenters. The molecule has 1 aromatic carbocycles. The highest BCUT2D eigenvalue weighted by Crippen LogP contribution is 2.34. The quantitative estimate of drug-likeness (QED) is 0.901. The number of benzene rings is 1. The smallest absolute Gasteiger partial charge is 0.154 e. The monoisotopic (exact) mass is 269 g/mol. The van der Waals surface area contributed by atoms with Gasteiger partial charge in [0.15, 0.2) is 9.84 Å². The number of rotatable bonds is 3. The van der Waals surface area contributed by atoms with Gasteiger partial charge in [0, 0.05) is 11.8 Å². The Hall–Kier alpha value is -1.07. The van der Waals surface area contributed by atoms with Gasteiger partial charge in [-0.05, 0) is 36.1 Å². The second-order valence-electron chi connectivity index (χ2n) is 4.62. The fraction of sp³-hybridized carbons (Fsp3) is 0.538. The second-order valence-corrected chi connectivity index (χ2v) is 7.13. The van der Waals surface area contributed by atoms with Crippen molar-refractivity contribution in [2.45, 2.75) is 31.1 Å². The van der Waals surface area contributed by atoms with Gasteiger partial charge in [-0.2, -0.15) is 0 Å². The van der Waals surface area contributed by atoms with Crippen LogP contribution in [-0.4, -0.2) is 26.5 Å². The van der Waals surface area contributed by atoms with Gasteiger partial charge in [-0.1, -0.05) is 13.0 Å². The predicted octanol–water partition coefficient (Wildman–Crippen LogP) is 1.44. The number of hydrogen-bond donors (Lipinski definition) is 1. The number of sulfone groups is 1. The molecule has 1 aromatic rings. The molecule has 0 saturated carbocycles. The highest BCUT2D eigenvalue weighted by atomic mass is 32.2. The molecular formula is C13H19NO3S. The van der Waals surface area contributed by atoms with Crippen molar-refractivity contribution in [3.05, 3.63) is 29.3 Å². The molecule has 0 saturated heterocycles. The lowest BCUT2D eigenvalue weighted by Crippen LogP contribution is -2.38. The topological polar surface area (TPSA) is 69.4 Å². The first-order valence-corrected chi connectivity index (χ1v) is 7.85. The van der Waals surface area contributed by atoms with E-state index in [-0.39, 0.29) is 5.75 Å². The van der Waals surface area contributed by atoms with Gasteiger partial charge in [-0.15, -0.1) is 0 Å². The van der Waals surface area contributed by atoms with E-state index in [1.165, 1.54) is 0 Å². The van der Waals surface area contributed by atoms with Gasteiger partial charge in [-0.3, -0.25) is 0 Å². The summed E-state index contributed by atoms with van der Waals surface area (Å²) in [7, 11) is -1.50. The van der Waals surface area contributed by atoms with Crippen molar-refractivity contribution in [3.8, 4) is 5.75 Å². The maximum atomic E-state index is 12.0. The number of nitrogens with two attached hydrogens (primary N) is 1. The first kappa shape index (κ1) is 13.4. The number of aryl methyl sites for hydroxylation is 1. The Labute approximate surface area is 108 Å². The van der Waals surface area contributed by atoms with Crippen molar-refractivity contribution in [2.75, 3.05) is 12.9 Å². The molecule has 0 heterocycles. The van der Waals surface area contributed by atoms with Crippen molar-refractivity contribution in [3.63, 3.8) is 0 Å². The molecule has 0 fully saturated rings. The van der Waals surface area contributed by atoms with Crippen LogP contribution in [0, 0.1) is 0 Å². The van der Waals surface area contributed by atoms with E-state index in [1.807, 2.05) is 18.2 Å². The summed E-state index contributed by atoms with van der Waals surface area (Å²) in [5.74, 6) is 0.865. The van der Waals surface area contributed by atoms with Crippen LogP contribution in [0.2, 0.25) is 0 Å². The number of fused-ring (bicyclic) bond motifs is 1. The Morgan fingerprint density at radius 3 is 2.78 bits per heavy atom. The van der Waals surface area contributed by atoms with Crippen LogP contribution in [0.25, 0.3) is 0 Å². The van der Waals surface area contributed by atoms with Crippen LogP contribution >= 0.6 is 0 Å². The maximum Gasteiger partial charge on any atom is 0.154 e. The lowest BCUT2D eigenvalue weighted by molar-refractivity contribution is 0.412. The van der Waals surface area contributed by atoms with Crippen LogP contribution in [0.5, 0.6) is 5.75 Å². The minimum Gasteiger partial charge on any atom is -0.497 e. The summed E-state index contributed by atoms with van der Waals surface area (Å²) in [6, 6.07) is 5.27. The molecule has 4 nitrogen and oxygen atoms in total. The molecule has 2 atom stereocenters. The van der Waals surface area contributed by atoms with Crippen LogP contribution in [0.3, 0.4) is 0 Å². The largest absolute Gasteiger partial charge is 0.497 e. The van der Waals surface area contributed by atoms with Crippen LogP contribution in [0.4, 0.5) is 0 Å². The van der Waals surface area contributed by atoms with E-state index < -0.39 is 21.1 Å². The molecule has 100 valence electrons. The lowest BCUT2D eigenvalue weighted by Gasteiger charge is -2.30. The summed E-state index contributed by atoms with van der Waals surface area (Å²) >= 11 is 0. The van der Waals surface area contributed by atoms with Gasteiger partial charge in [-0.25, -0.2) is 8.42 Å². The van der Waals surface area contributed by atoms with Gasteiger partial charge in [0.25, 0.3) is 0 Å². The van der Waals surface area contributed by atoms with Crippen molar-refractivity contribution < 1.29 is 13.2 Å². The summed E-state index contributed by atoms with van der Waals surface area (Å²) in [4.78, 5) is 0. The number of methoxy groups -OCH3 is 1. The highest BCUT2D eigenvalue weighted by Gasteiger charge is 2.35. The van der Waals surface area contributed by atoms with Gasteiger partial charge in [0.1, 0.15) is 5.75 Å². The Balaban J connectivity index is 2.41. The van der Waals surface area contributed by atoms with Crippen LogP contribution in [0.1, 0.15) is 30.5 Å². The van der Waals surface area contributed by atoms with Crippen molar-refractivity contribution in [1.82, 2.24) is 0 Å². The summed E-state index contributed by atoms with van der Waals surface area (Å²) in [6.45, 7) is 1.67. The molecule has 0 amide bonds. The van der Waals surface area contributed by atoms with Gasteiger partial charge >= 0.3 is 0 Å². The third kappa shape index (κ3) is 2.24. The Bertz CT molecular complexity index is 539. The van der Waals surface area contributed by atoms with E-state index in [9.17, 15) is 8.42 Å². The van der Waals surface area contributed by atoms with Crippen molar-refractivity contribution in [1.29, 1.82) is 0 Å². The van der Waals surface area contributed by atoms with E-state index in [1.54, 1.807) is 14.0 Å². The minimum atomic E-state index is -3.10. The van der Waals surface area contributed by atoms with Gasteiger partial charge < -0.3 is 10.5 Å².